The van der Waals surface area contributed by atoms with Gasteiger partial charge in [0.2, 0.25) is 5.91 Å². The van der Waals surface area contributed by atoms with Crippen LogP contribution in [0, 0.1) is 11.8 Å². The highest BCUT2D eigenvalue weighted by molar-refractivity contribution is 5.78. The van der Waals surface area contributed by atoms with E-state index in [0.29, 0.717) is 12.5 Å². The average molecular weight is 172 g/mol. The van der Waals surface area contributed by atoms with Crippen LogP contribution >= 0.6 is 0 Å². The highest BCUT2D eigenvalue weighted by Gasteiger charge is 2.15. The lowest BCUT2D eigenvalue weighted by Crippen LogP contribution is -2.35. The molecule has 0 spiro atoms. The summed E-state index contributed by atoms with van der Waals surface area (Å²) in [5.74, 6) is 0.682. The number of carbonyl (C=O) groups is 1. The maximum Gasteiger partial charge on any atom is 0.223 e. The minimum absolute atomic E-state index is 0.113. The van der Waals surface area contributed by atoms with Gasteiger partial charge < -0.3 is 10.6 Å². The Labute approximate surface area is 74.9 Å². The monoisotopic (exact) mass is 172 g/mol. The lowest BCUT2D eigenvalue weighted by molar-refractivity contribution is -0.125. The molecule has 1 amide bonds. The fraction of sp³-hybridized carbons (Fsp3) is 0.889. The normalized spacial score (nSPS) is 13.1. The third-order valence-corrected chi connectivity index (χ3v) is 2.09. The zero-order chi connectivity index (χ0) is 9.56. The first-order chi connectivity index (χ1) is 5.59. The van der Waals surface area contributed by atoms with Gasteiger partial charge in [-0.3, -0.25) is 4.79 Å². The summed E-state index contributed by atoms with van der Waals surface area (Å²) in [6, 6.07) is 0. The Hall–Kier alpha value is -0.570. The predicted molar refractivity (Wildman–Crippen MR) is 50.9 cm³/mol. The average Bonchev–Trinajstić information content (AvgIpc) is 2.03. The van der Waals surface area contributed by atoms with Crippen LogP contribution in [0.15, 0.2) is 0 Å². The molecule has 0 saturated carbocycles. The molecular weight excluding hydrogens is 152 g/mol. The van der Waals surface area contributed by atoms with Gasteiger partial charge in [0.15, 0.2) is 0 Å². The van der Waals surface area contributed by atoms with Crippen molar-refractivity contribution in [1.82, 2.24) is 10.6 Å². The maximum atomic E-state index is 11.3. The molecule has 0 aliphatic rings. The summed E-state index contributed by atoms with van der Waals surface area (Å²) in [6.45, 7) is 7.62. The number of hydrogen-bond donors (Lipinski definition) is 2. The van der Waals surface area contributed by atoms with Crippen molar-refractivity contribution in [3.05, 3.63) is 0 Å². The van der Waals surface area contributed by atoms with Crippen LogP contribution in [-0.4, -0.2) is 26.0 Å². The lowest BCUT2D eigenvalue weighted by atomic mass is 9.97. The van der Waals surface area contributed by atoms with Crippen LogP contribution in [0.5, 0.6) is 0 Å². The molecule has 0 aliphatic carbocycles. The molecule has 0 aliphatic heterocycles. The van der Waals surface area contributed by atoms with Gasteiger partial charge in [0.1, 0.15) is 0 Å². The molecule has 0 aromatic carbocycles. The van der Waals surface area contributed by atoms with Crippen molar-refractivity contribution >= 4 is 5.91 Å². The molecule has 0 radical (unpaired) electrons. The van der Waals surface area contributed by atoms with E-state index in [1.165, 1.54) is 0 Å². The lowest BCUT2D eigenvalue weighted by Gasteiger charge is -2.14. The molecule has 1 atom stereocenters. The Morgan fingerprint density at radius 2 is 1.83 bits per heavy atom. The summed E-state index contributed by atoms with van der Waals surface area (Å²) in [7, 11) is 1.87. The van der Waals surface area contributed by atoms with Crippen LogP contribution in [0.3, 0.4) is 0 Å². The molecule has 0 aromatic rings. The topological polar surface area (TPSA) is 41.1 Å². The number of hydrogen-bond acceptors (Lipinski definition) is 2. The second-order valence-corrected chi connectivity index (χ2v) is 3.43. The maximum absolute atomic E-state index is 11.3. The molecule has 12 heavy (non-hydrogen) atoms. The Morgan fingerprint density at radius 1 is 1.25 bits per heavy atom. The van der Waals surface area contributed by atoms with Crippen molar-refractivity contribution in [3.8, 4) is 0 Å². The SMILES string of the molecule is CNCCNC(=O)[C@@H](C)C(C)C. The Morgan fingerprint density at radius 3 is 2.25 bits per heavy atom. The first kappa shape index (κ1) is 11.4. The summed E-state index contributed by atoms with van der Waals surface area (Å²) in [5.41, 5.74) is 0. The number of carbonyl (C=O) groups excluding carboxylic acids is 1. The number of nitrogens with one attached hydrogen (secondary N) is 2. The Bertz CT molecular complexity index is 134. The van der Waals surface area contributed by atoms with Gasteiger partial charge in [0, 0.05) is 19.0 Å². The minimum Gasteiger partial charge on any atom is -0.355 e. The smallest absolute Gasteiger partial charge is 0.223 e. The first-order valence-electron chi connectivity index (χ1n) is 4.52. The van der Waals surface area contributed by atoms with Crippen molar-refractivity contribution in [2.75, 3.05) is 20.1 Å². The van der Waals surface area contributed by atoms with Crippen molar-refractivity contribution < 1.29 is 4.79 Å². The molecule has 0 saturated heterocycles. The Kier molecular flexibility index (Phi) is 5.72. The second kappa shape index (κ2) is 6.00. The van der Waals surface area contributed by atoms with E-state index in [-0.39, 0.29) is 11.8 Å². The van der Waals surface area contributed by atoms with Crippen molar-refractivity contribution in [1.29, 1.82) is 0 Å². The van der Waals surface area contributed by atoms with Crippen LogP contribution < -0.4 is 10.6 Å². The van der Waals surface area contributed by atoms with Crippen LogP contribution in [0.25, 0.3) is 0 Å². The van der Waals surface area contributed by atoms with E-state index in [0.717, 1.165) is 6.54 Å². The summed E-state index contributed by atoms with van der Waals surface area (Å²) >= 11 is 0. The molecule has 2 N–H and O–H groups in total. The minimum atomic E-state index is 0.113. The van der Waals surface area contributed by atoms with Crippen LogP contribution in [-0.2, 0) is 4.79 Å². The molecule has 0 rings (SSSR count). The molecule has 3 heteroatoms. The van der Waals surface area contributed by atoms with E-state index in [1.807, 2.05) is 14.0 Å². The summed E-state index contributed by atoms with van der Waals surface area (Å²) in [6.07, 6.45) is 0. The molecule has 0 unspecified atom stereocenters. The first-order valence-corrected chi connectivity index (χ1v) is 4.52. The van der Waals surface area contributed by atoms with Crippen molar-refractivity contribution in [2.45, 2.75) is 20.8 Å². The molecule has 0 heterocycles. The van der Waals surface area contributed by atoms with Gasteiger partial charge in [-0.15, -0.1) is 0 Å². The third kappa shape index (κ3) is 4.34. The highest BCUT2D eigenvalue weighted by atomic mass is 16.1. The van der Waals surface area contributed by atoms with Gasteiger partial charge >= 0.3 is 0 Å². The largest absolute Gasteiger partial charge is 0.355 e. The number of likely N-dealkylation sites (N-methyl/N-ethyl adjacent to an activating group) is 1. The summed E-state index contributed by atoms with van der Waals surface area (Å²) in [4.78, 5) is 11.3. The van der Waals surface area contributed by atoms with E-state index >= 15 is 0 Å². The van der Waals surface area contributed by atoms with Gasteiger partial charge in [-0.05, 0) is 13.0 Å². The quantitative estimate of drug-likeness (QED) is 0.597. The third-order valence-electron chi connectivity index (χ3n) is 2.09. The van der Waals surface area contributed by atoms with Crippen molar-refractivity contribution in [3.63, 3.8) is 0 Å². The predicted octanol–water partition coefficient (Wildman–Crippen LogP) is 0.614. The van der Waals surface area contributed by atoms with E-state index in [2.05, 4.69) is 24.5 Å². The van der Waals surface area contributed by atoms with Crippen LogP contribution in [0.4, 0.5) is 0 Å². The fourth-order valence-corrected chi connectivity index (χ4v) is 0.774. The molecule has 0 aromatic heterocycles. The van der Waals surface area contributed by atoms with Gasteiger partial charge in [-0.1, -0.05) is 20.8 Å². The standard InChI is InChI=1S/C9H20N2O/c1-7(2)8(3)9(12)11-6-5-10-4/h7-8,10H,5-6H2,1-4H3,(H,11,12)/t8-/m0/s1. The van der Waals surface area contributed by atoms with Crippen molar-refractivity contribution in [2.24, 2.45) is 11.8 Å². The zero-order valence-corrected chi connectivity index (χ0v) is 8.48. The number of amides is 1. The Balaban J connectivity index is 3.57. The second-order valence-electron chi connectivity index (χ2n) is 3.43. The van der Waals surface area contributed by atoms with E-state index in [4.69, 9.17) is 0 Å². The van der Waals surface area contributed by atoms with Crippen LogP contribution in [0.2, 0.25) is 0 Å². The molecule has 0 bridgehead atoms. The van der Waals surface area contributed by atoms with Gasteiger partial charge in [0.25, 0.3) is 0 Å². The van der Waals surface area contributed by atoms with E-state index in [9.17, 15) is 4.79 Å². The highest BCUT2D eigenvalue weighted by Crippen LogP contribution is 2.08. The van der Waals surface area contributed by atoms with Gasteiger partial charge in [-0.2, -0.15) is 0 Å². The molecular formula is C9H20N2O. The van der Waals surface area contributed by atoms with Gasteiger partial charge in [0.05, 0.1) is 0 Å². The van der Waals surface area contributed by atoms with Crippen LogP contribution in [0.1, 0.15) is 20.8 Å². The fourth-order valence-electron chi connectivity index (χ4n) is 0.774. The zero-order valence-electron chi connectivity index (χ0n) is 8.48. The van der Waals surface area contributed by atoms with Gasteiger partial charge in [-0.25, -0.2) is 0 Å². The summed E-state index contributed by atoms with van der Waals surface area (Å²) in [5, 5.41) is 5.84. The van der Waals surface area contributed by atoms with E-state index in [1.54, 1.807) is 0 Å². The van der Waals surface area contributed by atoms with E-state index < -0.39 is 0 Å². The summed E-state index contributed by atoms with van der Waals surface area (Å²) < 4.78 is 0. The molecule has 3 nitrogen and oxygen atoms in total. The molecule has 0 fully saturated rings. The number of rotatable bonds is 5. The molecule has 72 valence electrons.